The fraction of sp³-hybridized carbons (Fsp3) is 0.267. The van der Waals surface area contributed by atoms with E-state index in [1.165, 1.54) is 6.08 Å². The molecule has 0 N–H and O–H groups in total. The van der Waals surface area contributed by atoms with E-state index in [4.69, 9.17) is 20.0 Å². The molecule has 0 heterocycles. The SMILES string of the molecule is CCOC(=O)CCOc1ccc(C=C(C#N)C#N)cc1. The number of rotatable bonds is 6. The van der Waals surface area contributed by atoms with Crippen LogP contribution in [0.2, 0.25) is 0 Å². The van der Waals surface area contributed by atoms with Crippen LogP contribution in [0.3, 0.4) is 0 Å². The molecule has 0 spiro atoms. The lowest BCUT2D eigenvalue weighted by Crippen LogP contribution is -2.09. The molecule has 0 saturated carbocycles. The van der Waals surface area contributed by atoms with Gasteiger partial charge in [0.15, 0.2) is 0 Å². The van der Waals surface area contributed by atoms with Gasteiger partial charge in [0.1, 0.15) is 23.5 Å². The van der Waals surface area contributed by atoms with Gasteiger partial charge in [-0.25, -0.2) is 0 Å². The van der Waals surface area contributed by atoms with Crippen LogP contribution >= 0.6 is 0 Å². The van der Waals surface area contributed by atoms with Crippen LogP contribution in [0.4, 0.5) is 0 Å². The summed E-state index contributed by atoms with van der Waals surface area (Å²) in [7, 11) is 0. The number of benzene rings is 1. The average molecular weight is 270 g/mol. The predicted molar refractivity (Wildman–Crippen MR) is 72.4 cm³/mol. The summed E-state index contributed by atoms with van der Waals surface area (Å²) in [4.78, 5) is 11.1. The number of carbonyl (C=O) groups excluding carboxylic acids is 1. The lowest BCUT2D eigenvalue weighted by atomic mass is 10.1. The summed E-state index contributed by atoms with van der Waals surface area (Å²) in [6.45, 7) is 2.36. The van der Waals surface area contributed by atoms with Crippen molar-refractivity contribution in [3.8, 4) is 17.9 Å². The van der Waals surface area contributed by atoms with Gasteiger partial charge in [0.2, 0.25) is 0 Å². The first kappa shape index (κ1) is 15.3. The van der Waals surface area contributed by atoms with E-state index in [9.17, 15) is 4.79 Å². The fourth-order valence-corrected chi connectivity index (χ4v) is 1.40. The van der Waals surface area contributed by atoms with Crippen molar-refractivity contribution in [2.24, 2.45) is 0 Å². The minimum absolute atomic E-state index is 0.0426. The summed E-state index contributed by atoms with van der Waals surface area (Å²) in [6.07, 6.45) is 1.69. The monoisotopic (exact) mass is 270 g/mol. The molecule has 0 aliphatic rings. The summed E-state index contributed by atoms with van der Waals surface area (Å²) in [5, 5.41) is 17.3. The quantitative estimate of drug-likeness (QED) is 0.585. The molecule has 0 amide bonds. The molecule has 0 aliphatic heterocycles. The third-order valence-corrected chi connectivity index (χ3v) is 2.31. The van der Waals surface area contributed by atoms with E-state index in [1.807, 2.05) is 0 Å². The zero-order chi connectivity index (χ0) is 14.8. The van der Waals surface area contributed by atoms with Gasteiger partial charge in [-0.05, 0) is 30.7 Å². The summed E-state index contributed by atoms with van der Waals surface area (Å²) < 4.78 is 10.2. The molecule has 0 radical (unpaired) electrons. The van der Waals surface area contributed by atoms with Crippen molar-refractivity contribution in [2.75, 3.05) is 13.2 Å². The second kappa shape index (κ2) is 8.34. The number of allylic oxidation sites excluding steroid dienone is 1. The van der Waals surface area contributed by atoms with E-state index in [1.54, 1.807) is 43.3 Å². The van der Waals surface area contributed by atoms with Crippen molar-refractivity contribution < 1.29 is 14.3 Å². The Morgan fingerprint density at radius 2 is 1.90 bits per heavy atom. The second-order valence-corrected chi connectivity index (χ2v) is 3.75. The highest BCUT2D eigenvalue weighted by Crippen LogP contribution is 2.14. The van der Waals surface area contributed by atoms with Crippen molar-refractivity contribution in [1.29, 1.82) is 10.5 Å². The maximum atomic E-state index is 11.1. The lowest BCUT2D eigenvalue weighted by molar-refractivity contribution is -0.143. The summed E-state index contributed by atoms with van der Waals surface area (Å²) in [5.74, 6) is 0.321. The van der Waals surface area contributed by atoms with Gasteiger partial charge in [-0.15, -0.1) is 0 Å². The Bertz CT molecular complexity index is 546. The standard InChI is InChI=1S/C15H14N2O3/c1-2-19-15(18)7-8-20-14-5-3-12(4-6-14)9-13(10-16)11-17/h3-6,9H,2,7-8H2,1H3. The van der Waals surface area contributed by atoms with Crippen molar-refractivity contribution in [3.63, 3.8) is 0 Å². The van der Waals surface area contributed by atoms with Crippen LogP contribution in [0.25, 0.3) is 6.08 Å². The highest BCUT2D eigenvalue weighted by molar-refractivity contribution is 5.69. The lowest BCUT2D eigenvalue weighted by Gasteiger charge is -2.06. The molecule has 20 heavy (non-hydrogen) atoms. The molecular weight excluding hydrogens is 256 g/mol. The van der Waals surface area contributed by atoms with Gasteiger partial charge in [-0.3, -0.25) is 4.79 Å². The Hall–Kier alpha value is -2.79. The predicted octanol–water partition coefficient (Wildman–Crippen LogP) is 2.45. The third-order valence-electron chi connectivity index (χ3n) is 2.31. The Kier molecular flexibility index (Phi) is 6.36. The van der Waals surface area contributed by atoms with Crippen LogP contribution in [0, 0.1) is 22.7 Å². The molecule has 5 nitrogen and oxygen atoms in total. The van der Waals surface area contributed by atoms with Crippen molar-refractivity contribution >= 4 is 12.0 Å². The average Bonchev–Trinajstić information content (AvgIpc) is 2.46. The van der Waals surface area contributed by atoms with Crippen LogP contribution in [0.1, 0.15) is 18.9 Å². The highest BCUT2D eigenvalue weighted by atomic mass is 16.5. The maximum Gasteiger partial charge on any atom is 0.309 e. The first-order valence-electron chi connectivity index (χ1n) is 6.10. The summed E-state index contributed by atoms with van der Waals surface area (Å²) in [6, 6.07) is 10.5. The molecule has 5 heteroatoms. The van der Waals surface area contributed by atoms with Crippen LogP contribution in [0.15, 0.2) is 29.8 Å². The van der Waals surface area contributed by atoms with E-state index in [0.717, 1.165) is 5.56 Å². The Morgan fingerprint density at radius 3 is 2.45 bits per heavy atom. The van der Waals surface area contributed by atoms with E-state index < -0.39 is 0 Å². The number of nitrogens with zero attached hydrogens (tertiary/aromatic N) is 2. The van der Waals surface area contributed by atoms with Gasteiger partial charge >= 0.3 is 5.97 Å². The molecular formula is C15H14N2O3. The topological polar surface area (TPSA) is 83.1 Å². The van der Waals surface area contributed by atoms with E-state index in [2.05, 4.69) is 0 Å². The third kappa shape index (κ3) is 5.24. The van der Waals surface area contributed by atoms with E-state index in [0.29, 0.717) is 12.4 Å². The van der Waals surface area contributed by atoms with E-state index >= 15 is 0 Å². The second-order valence-electron chi connectivity index (χ2n) is 3.75. The maximum absolute atomic E-state index is 11.1. The number of carbonyl (C=O) groups is 1. The van der Waals surface area contributed by atoms with Crippen molar-refractivity contribution in [3.05, 3.63) is 35.4 Å². The molecule has 0 aromatic heterocycles. The molecule has 1 rings (SSSR count). The Balaban J connectivity index is 2.52. The number of esters is 1. The molecule has 0 aliphatic carbocycles. The smallest absolute Gasteiger partial charge is 0.309 e. The zero-order valence-electron chi connectivity index (χ0n) is 11.1. The number of ether oxygens (including phenoxy) is 2. The largest absolute Gasteiger partial charge is 0.493 e. The van der Waals surface area contributed by atoms with Gasteiger partial charge in [-0.2, -0.15) is 10.5 Å². The first-order valence-corrected chi connectivity index (χ1v) is 6.10. The Labute approximate surface area is 117 Å². The number of nitriles is 2. The fourth-order valence-electron chi connectivity index (χ4n) is 1.40. The molecule has 0 unspecified atom stereocenters. The normalized spacial score (nSPS) is 8.95. The van der Waals surface area contributed by atoms with Crippen LogP contribution in [-0.2, 0) is 9.53 Å². The molecule has 0 fully saturated rings. The summed E-state index contributed by atoms with van der Waals surface area (Å²) >= 11 is 0. The van der Waals surface area contributed by atoms with Crippen LogP contribution in [-0.4, -0.2) is 19.2 Å². The van der Waals surface area contributed by atoms with E-state index in [-0.39, 0.29) is 24.6 Å². The van der Waals surface area contributed by atoms with Gasteiger partial charge < -0.3 is 9.47 Å². The molecule has 102 valence electrons. The highest BCUT2D eigenvalue weighted by Gasteiger charge is 2.02. The van der Waals surface area contributed by atoms with Crippen LogP contribution < -0.4 is 4.74 Å². The van der Waals surface area contributed by atoms with Gasteiger partial charge in [0.05, 0.1) is 19.6 Å². The molecule has 0 bridgehead atoms. The molecule has 0 saturated heterocycles. The molecule has 1 aromatic rings. The molecule has 0 atom stereocenters. The number of hydrogen-bond acceptors (Lipinski definition) is 5. The first-order chi connectivity index (χ1) is 9.69. The van der Waals surface area contributed by atoms with Gasteiger partial charge in [-0.1, -0.05) is 12.1 Å². The van der Waals surface area contributed by atoms with Crippen molar-refractivity contribution in [1.82, 2.24) is 0 Å². The minimum atomic E-state index is -0.292. The van der Waals surface area contributed by atoms with Crippen molar-refractivity contribution in [2.45, 2.75) is 13.3 Å². The van der Waals surface area contributed by atoms with Crippen LogP contribution in [0.5, 0.6) is 5.75 Å². The molecule has 1 aromatic carbocycles. The summed E-state index contributed by atoms with van der Waals surface area (Å²) in [5.41, 5.74) is 0.779. The Morgan fingerprint density at radius 1 is 1.25 bits per heavy atom. The van der Waals surface area contributed by atoms with Gasteiger partial charge in [0.25, 0.3) is 0 Å². The minimum Gasteiger partial charge on any atom is -0.493 e. The van der Waals surface area contributed by atoms with Gasteiger partial charge in [0, 0.05) is 0 Å². The zero-order valence-corrected chi connectivity index (χ0v) is 11.1. The number of hydrogen-bond donors (Lipinski definition) is 0.